The Bertz CT molecular complexity index is 1820. The van der Waals surface area contributed by atoms with Crippen molar-refractivity contribution in [2.45, 2.75) is 62.7 Å². The normalized spacial score (nSPS) is 18.0. The van der Waals surface area contributed by atoms with E-state index in [-0.39, 0.29) is 34.5 Å². The van der Waals surface area contributed by atoms with Crippen molar-refractivity contribution in [2.75, 3.05) is 41.7 Å². The molecule has 0 atom stereocenters. The number of rotatable bonds is 3. The summed E-state index contributed by atoms with van der Waals surface area (Å²) in [7, 11) is 0. The van der Waals surface area contributed by atoms with Crippen molar-refractivity contribution in [2.24, 2.45) is 5.73 Å². The molecule has 4 aromatic rings. The lowest BCUT2D eigenvalue weighted by molar-refractivity contribution is 0.0911. The van der Waals surface area contributed by atoms with Crippen molar-refractivity contribution in [1.82, 2.24) is 35.9 Å². The fourth-order valence-electron chi connectivity index (χ4n) is 6.89. The molecule has 52 heavy (non-hydrogen) atoms. The van der Waals surface area contributed by atoms with Gasteiger partial charge in [-0.2, -0.15) is 10.2 Å². The number of nitrogens with zero attached hydrogens (tertiary/aromatic N) is 3. The van der Waals surface area contributed by atoms with Gasteiger partial charge in [0, 0.05) is 85.5 Å². The molecular formula is C36H45F2IN10O3. The highest BCUT2D eigenvalue weighted by molar-refractivity contribution is 14.1. The second-order valence-electron chi connectivity index (χ2n) is 13.2. The van der Waals surface area contributed by atoms with Gasteiger partial charge in [-0.3, -0.25) is 19.8 Å². The van der Waals surface area contributed by atoms with Gasteiger partial charge in [0.05, 0.1) is 12.2 Å². The maximum absolute atomic E-state index is 13.4. The van der Waals surface area contributed by atoms with Gasteiger partial charge in [-0.1, -0.05) is 22.6 Å². The van der Waals surface area contributed by atoms with Crippen molar-refractivity contribution in [3.05, 3.63) is 95.1 Å². The summed E-state index contributed by atoms with van der Waals surface area (Å²) in [6.07, 6.45) is 7.35. The number of aromatic amines is 2. The van der Waals surface area contributed by atoms with E-state index in [1.165, 1.54) is 24.3 Å². The summed E-state index contributed by atoms with van der Waals surface area (Å²) in [5.41, 5.74) is 8.93. The number of carbonyl (C=O) groups is 3. The number of hydrogen-bond acceptors (Lipinski definition) is 9. The number of hydrogen-bond donors (Lipinski definition) is 7. The first-order valence-electron chi connectivity index (χ1n) is 17.8. The van der Waals surface area contributed by atoms with E-state index in [0.29, 0.717) is 73.6 Å². The van der Waals surface area contributed by atoms with Gasteiger partial charge >= 0.3 is 6.03 Å². The molecule has 0 radical (unpaired) electrons. The number of H-pyrrole nitrogens is 2. The Balaban J connectivity index is 0.000000170. The number of piperidine rings is 2. The molecule has 6 heterocycles. The molecule has 16 heteroatoms. The van der Waals surface area contributed by atoms with Gasteiger partial charge in [-0.25, -0.2) is 13.6 Å². The lowest BCUT2D eigenvalue weighted by Gasteiger charge is -2.45. The Kier molecular flexibility index (Phi) is 12.8. The van der Waals surface area contributed by atoms with Crippen LogP contribution < -0.4 is 27.0 Å². The van der Waals surface area contributed by atoms with Crippen molar-refractivity contribution >= 4 is 51.6 Å². The average Bonchev–Trinajstić information content (AvgIpc) is 3.88. The maximum atomic E-state index is 13.4. The third-order valence-corrected chi connectivity index (χ3v) is 9.70. The van der Waals surface area contributed by atoms with Gasteiger partial charge in [0.25, 0.3) is 0 Å². The number of Topliss-reactive ketones (excluding diaryl/α,β-unsaturated/α-hetero) is 2. The lowest BCUT2D eigenvalue weighted by Crippen LogP contribution is -2.55. The van der Waals surface area contributed by atoms with Crippen LogP contribution in [0.3, 0.4) is 0 Å². The van der Waals surface area contributed by atoms with Crippen molar-refractivity contribution in [1.29, 1.82) is 0 Å². The van der Waals surface area contributed by atoms with Gasteiger partial charge in [-0.05, 0) is 92.2 Å². The first-order valence-corrected chi connectivity index (χ1v) is 18.6. The second-order valence-corrected chi connectivity index (χ2v) is 13.2. The molecule has 8 N–H and O–H groups in total. The molecule has 0 unspecified atom stereocenters. The molecule has 2 aromatic heterocycles. The van der Waals surface area contributed by atoms with Crippen LogP contribution in [0, 0.1) is 11.6 Å². The molecule has 0 bridgehead atoms. The van der Waals surface area contributed by atoms with Crippen LogP contribution in [0.25, 0.3) is 0 Å². The van der Waals surface area contributed by atoms with E-state index < -0.39 is 5.82 Å². The monoisotopic (exact) mass is 831 g/mol. The molecule has 4 aliphatic heterocycles. The van der Waals surface area contributed by atoms with Crippen LogP contribution in [0.4, 0.5) is 25.0 Å². The minimum absolute atomic E-state index is 0.0459. The Morgan fingerprint density at radius 2 is 1.37 bits per heavy atom. The molecule has 8 rings (SSSR count). The molecule has 0 aliphatic carbocycles. The average molecular weight is 832 g/mol. The standard InChI is InChI=1S/C18H20FN5O2.C13H15FN2O.C4H7N3.CH3I/c19-12-1-2-15-14(9-12)16(25)10-18(22-15)4-7-24(8-5-18)17(26)20-11-13-3-6-21-23-13;14-9-1-2-11-10(7-9)12(17)8-13(16-11)3-5-15-6-4-13;5-3-4-1-2-6-7-4;1-2/h1-3,6,9,22H,4-5,7-8,10-11H2,(H,20,26)(H,21,23);1-2,7,15-16H,3-6,8H2;1-2H,3,5H2,(H,6,7);1H3/i;;;1D. The number of benzene rings is 2. The van der Waals surface area contributed by atoms with Gasteiger partial charge in [0.1, 0.15) is 11.6 Å². The third-order valence-electron chi connectivity index (χ3n) is 9.70. The summed E-state index contributed by atoms with van der Waals surface area (Å²) in [6, 6.07) is 12.2. The van der Waals surface area contributed by atoms with E-state index in [1.54, 1.807) is 29.4 Å². The molecule has 2 saturated heterocycles. The third kappa shape index (κ3) is 9.71. The number of ketones is 2. The summed E-state index contributed by atoms with van der Waals surface area (Å²) in [6.45, 7) is 3.92. The van der Waals surface area contributed by atoms with E-state index in [4.69, 9.17) is 7.10 Å². The zero-order valence-corrected chi connectivity index (χ0v) is 30.9. The predicted molar refractivity (Wildman–Crippen MR) is 204 cm³/mol. The quantitative estimate of drug-likeness (QED) is 0.108. The van der Waals surface area contributed by atoms with Crippen LogP contribution in [0.15, 0.2) is 60.9 Å². The number of urea groups is 1. The van der Waals surface area contributed by atoms with Crippen LogP contribution in [0.2, 0.25) is 0 Å². The Labute approximate surface area is 316 Å². The number of alkyl halides is 1. The first-order chi connectivity index (χ1) is 25.6. The van der Waals surface area contributed by atoms with E-state index in [9.17, 15) is 23.2 Å². The SMILES string of the molecule is NCc1ccn[nH]1.O=C1CC2(CCN(C(=O)NCc3ccn[nH]3)CC2)Nc2ccc(F)cc21.O=C1CC2(CCNCC2)Nc2ccc(F)cc21.[2H]CI. The number of amides is 2. The summed E-state index contributed by atoms with van der Waals surface area (Å²) in [5, 5.41) is 26.1. The van der Waals surface area contributed by atoms with Gasteiger partial charge in [0.2, 0.25) is 0 Å². The predicted octanol–water partition coefficient (Wildman–Crippen LogP) is 5.16. The van der Waals surface area contributed by atoms with Gasteiger partial charge < -0.3 is 31.9 Å². The number of aromatic nitrogens is 4. The number of nitrogens with one attached hydrogen (secondary N) is 6. The highest BCUT2D eigenvalue weighted by Crippen LogP contribution is 2.38. The zero-order chi connectivity index (χ0) is 37.8. The molecule has 2 aromatic carbocycles. The number of nitrogens with two attached hydrogens (primary N) is 1. The second kappa shape index (κ2) is 17.9. The molecular weight excluding hydrogens is 785 g/mol. The van der Waals surface area contributed by atoms with Crippen molar-refractivity contribution in [3.8, 4) is 0 Å². The molecule has 4 aliphatic rings. The highest BCUT2D eigenvalue weighted by atomic mass is 127. The summed E-state index contributed by atoms with van der Waals surface area (Å²) < 4.78 is 32.7. The minimum atomic E-state index is -0.404. The van der Waals surface area contributed by atoms with Crippen LogP contribution >= 0.6 is 22.6 Å². The van der Waals surface area contributed by atoms with E-state index in [1.807, 2.05) is 34.7 Å². The Morgan fingerprint density at radius 1 is 0.865 bits per heavy atom. The lowest BCUT2D eigenvalue weighted by atomic mass is 9.78. The molecule has 2 amide bonds. The fourth-order valence-corrected chi connectivity index (χ4v) is 6.89. The molecule has 2 spiro atoms. The number of likely N-dealkylation sites (tertiary alicyclic amines) is 1. The Hall–Kier alpha value is -4.42. The van der Waals surface area contributed by atoms with E-state index in [0.717, 1.165) is 43.0 Å². The molecule has 0 saturated carbocycles. The number of halogens is 3. The smallest absolute Gasteiger partial charge is 0.317 e. The van der Waals surface area contributed by atoms with E-state index in [2.05, 4.69) is 41.7 Å². The topological polar surface area (TPSA) is 186 Å². The van der Waals surface area contributed by atoms with Crippen LogP contribution in [-0.2, 0) is 13.1 Å². The number of anilines is 2. The van der Waals surface area contributed by atoms with Crippen LogP contribution in [0.1, 0.15) is 72.0 Å². The first kappa shape index (κ1) is 37.3. The van der Waals surface area contributed by atoms with Crippen molar-refractivity contribution < 1.29 is 24.5 Å². The molecule has 278 valence electrons. The maximum Gasteiger partial charge on any atom is 0.317 e. The molecule has 2 fully saturated rings. The van der Waals surface area contributed by atoms with E-state index >= 15 is 0 Å². The number of carbonyl (C=O) groups excluding carboxylic acids is 3. The van der Waals surface area contributed by atoms with Gasteiger partial charge in [0.15, 0.2) is 11.6 Å². The summed E-state index contributed by atoms with van der Waals surface area (Å²) >= 11 is 1.96. The Morgan fingerprint density at radius 3 is 1.83 bits per heavy atom. The zero-order valence-electron chi connectivity index (χ0n) is 29.7. The van der Waals surface area contributed by atoms with Crippen LogP contribution in [0.5, 0.6) is 0 Å². The van der Waals surface area contributed by atoms with Crippen LogP contribution in [-0.4, -0.2) is 85.1 Å². The van der Waals surface area contributed by atoms with Gasteiger partial charge in [-0.15, -0.1) is 0 Å². The highest BCUT2D eigenvalue weighted by Gasteiger charge is 2.42. The molecule has 13 nitrogen and oxygen atoms in total. The summed E-state index contributed by atoms with van der Waals surface area (Å²) in [5.74, 6) is -0.741. The number of fused-ring (bicyclic) bond motifs is 2. The fraction of sp³-hybridized carbons (Fsp3) is 0.417. The largest absolute Gasteiger partial charge is 0.378 e. The summed E-state index contributed by atoms with van der Waals surface area (Å²) in [4.78, 5) is 39.1. The minimum Gasteiger partial charge on any atom is -0.378 e. The van der Waals surface area contributed by atoms with Crippen molar-refractivity contribution in [3.63, 3.8) is 0 Å².